The Morgan fingerprint density at radius 3 is 2.65 bits per heavy atom. The monoisotopic (exact) mass is 380 g/mol. The topological polar surface area (TPSA) is 103 Å². The number of sulfonamides is 1. The van der Waals surface area contributed by atoms with Gasteiger partial charge in [0.2, 0.25) is 15.9 Å². The van der Waals surface area contributed by atoms with Crippen LogP contribution in [0.4, 0.5) is 0 Å². The van der Waals surface area contributed by atoms with E-state index in [-0.39, 0.29) is 30.0 Å². The third kappa shape index (κ3) is 3.29. The number of aromatic amines is 1. The van der Waals surface area contributed by atoms with E-state index in [1.807, 2.05) is 4.90 Å². The average Bonchev–Trinajstić information content (AvgIpc) is 3.45. The van der Waals surface area contributed by atoms with Gasteiger partial charge in [-0.2, -0.15) is 4.31 Å². The zero-order chi connectivity index (χ0) is 18.5. The van der Waals surface area contributed by atoms with Crippen molar-refractivity contribution in [1.82, 2.24) is 19.2 Å². The molecule has 3 heterocycles. The number of nitrogens with one attached hydrogen (secondary N) is 1. The van der Waals surface area contributed by atoms with Crippen LogP contribution in [-0.4, -0.2) is 52.8 Å². The van der Waals surface area contributed by atoms with Crippen LogP contribution < -0.4 is 5.56 Å². The van der Waals surface area contributed by atoms with Crippen LogP contribution in [0, 0.1) is 5.92 Å². The predicted octanol–water partition coefficient (Wildman–Crippen LogP) is 0.551. The van der Waals surface area contributed by atoms with Gasteiger partial charge in [-0.05, 0) is 38.5 Å². The Balaban J connectivity index is 1.67. The number of hydrogen-bond donors (Lipinski definition) is 1. The Bertz CT molecular complexity index is 891. The van der Waals surface area contributed by atoms with E-state index in [9.17, 15) is 18.0 Å². The lowest BCUT2D eigenvalue weighted by molar-refractivity contribution is -0.136. The number of rotatable bonds is 3. The van der Waals surface area contributed by atoms with Gasteiger partial charge in [0.05, 0.1) is 24.5 Å². The molecule has 0 bridgehead atoms. The molecule has 1 aromatic rings. The third-order valence-corrected chi connectivity index (χ3v) is 6.80. The third-order valence-electron chi connectivity index (χ3n) is 5.55. The molecule has 1 saturated carbocycles. The van der Waals surface area contributed by atoms with Gasteiger partial charge in [0.25, 0.3) is 5.56 Å². The summed E-state index contributed by atoms with van der Waals surface area (Å²) < 4.78 is 25.0. The van der Waals surface area contributed by atoms with Crippen molar-refractivity contribution in [3.63, 3.8) is 0 Å². The highest BCUT2D eigenvalue weighted by atomic mass is 32.2. The Hall–Kier alpha value is -1.74. The summed E-state index contributed by atoms with van der Waals surface area (Å²) in [6.07, 6.45) is 6.14. The molecule has 1 amide bonds. The molecular formula is C17H24N4O4S. The molecule has 1 N–H and O–H groups in total. The second-order valence-electron chi connectivity index (χ2n) is 7.54. The average molecular weight is 380 g/mol. The van der Waals surface area contributed by atoms with Crippen LogP contribution in [-0.2, 0) is 27.8 Å². The first kappa shape index (κ1) is 17.7. The van der Waals surface area contributed by atoms with Crippen LogP contribution in [0.5, 0.6) is 0 Å². The fraction of sp³-hybridized carbons (Fsp3) is 0.706. The lowest BCUT2D eigenvalue weighted by Crippen LogP contribution is -2.42. The molecule has 1 unspecified atom stereocenters. The molecule has 1 atom stereocenters. The van der Waals surface area contributed by atoms with E-state index in [1.165, 1.54) is 10.6 Å². The minimum absolute atomic E-state index is 0.119. The SMILES string of the molecule is CS(=O)(=O)N1CCc2c(nc(C3CCCCN3C(=O)C3CC3)[nH]c2=O)C1. The number of carbonyl (C=O) groups excluding carboxylic acids is 1. The van der Waals surface area contributed by atoms with E-state index in [1.54, 1.807) is 0 Å². The van der Waals surface area contributed by atoms with Crippen molar-refractivity contribution >= 4 is 15.9 Å². The van der Waals surface area contributed by atoms with Gasteiger partial charge in [-0.25, -0.2) is 13.4 Å². The molecule has 1 aromatic heterocycles. The van der Waals surface area contributed by atoms with Crippen LogP contribution >= 0.6 is 0 Å². The number of aromatic nitrogens is 2. The van der Waals surface area contributed by atoms with Crippen molar-refractivity contribution in [3.8, 4) is 0 Å². The summed E-state index contributed by atoms with van der Waals surface area (Å²) in [5.41, 5.74) is 0.872. The fourth-order valence-corrected chi connectivity index (χ4v) is 4.70. The molecular weight excluding hydrogens is 356 g/mol. The Morgan fingerprint density at radius 1 is 1.19 bits per heavy atom. The van der Waals surface area contributed by atoms with Crippen LogP contribution in [0.25, 0.3) is 0 Å². The van der Waals surface area contributed by atoms with Crippen LogP contribution in [0.1, 0.15) is 55.2 Å². The molecule has 0 spiro atoms. The zero-order valence-corrected chi connectivity index (χ0v) is 15.7. The number of fused-ring (bicyclic) bond motifs is 1. The van der Waals surface area contributed by atoms with Gasteiger partial charge in [0.1, 0.15) is 5.82 Å². The molecule has 8 nitrogen and oxygen atoms in total. The van der Waals surface area contributed by atoms with Gasteiger partial charge in [0.15, 0.2) is 0 Å². The van der Waals surface area contributed by atoms with Gasteiger partial charge in [0, 0.05) is 24.6 Å². The second-order valence-corrected chi connectivity index (χ2v) is 9.52. The summed E-state index contributed by atoms with van der Waals surface area (Å²) in [5, 5.41) is 0. The van der Waals surface area contributed by atoms with E-state index in [2.05, 4.69) is 9.97 Å². The van der Waals surface area contributed by atoms with E-state index in [4.69, 9.17) is 0 Å². The Labute approximate surface area is 152 Å². The normalized spacial score (nSPS) is 24.3. The first-order valence-corrected chi connectivity index (χ1v) is 11.1. The number of likely N-dealkylation sites (tertiary alicyclic amines) is 1. The molecule has 4 rings (SSSR count). The molecule has 9 heteroatoms. The minimum Gasteiger partial charge on any atom is -0.332 e. The smallest absolute Gasteiger partial charge is 0.254 e. The van der Waals surface area contributed by atoms with E-state index < -0.39 is 10.0 Å². The first-order valence-electron chi connectivity index (χ1n) is 9.22. The molecule has 2 fully saturated rings. The van der Waals surface area contributed by atoms with Gasteiger partial charge in [-0.15, -0.1) is 0 Å². The number of nitrogens with zero attached hydrogens (tertiary/aromatic N) is 3. The molecule has 0 aromatic carbocycles. The van der Waals surface area contributed by atoms with Crippen LogP contribution in [0.15, 0.2) is 4.79 Å². The van der Waals surface area contributed by atoms with Crippen molar-refractivity contribution in [2.24, 2.45) is 5.92 Å². The largest absolute Gasteiger partial charge is 0.332 e. The predicted molar refractivity (Wildman–Crippen MR) is 94.8 cm³/mol. The van der Waals surface area contributed by atoms with Gasteiger partial charge in [-0.3, -0.25) is 9.59 Å². The standard InChI is InChI=1S/C17H24N4O4S/c1-26(24,25)20-9-7-12-13(10-20)18-15(19-16(12)22)14-4-2-3-8-21(14)17(23)11-5-6-11/h11,14H,2-10H2,1H3,(H,18,19,22). The number of hydrogen-bond acceptors (Lipinski definition) is 5. The molecule has 142 valence electrons. The maximum Gasteiger partial charge on any atom is 0.254 e. The number of H-pyrrole nitrogens is 1. The maximum absolute atomic E-state index is 12.6. The lowest BCUT2D eigenvalue weighted by Gasteiger charge is -2.36. The Morgan fingerprint density at radius 2 is 1.96 bits per heavy atom. The molecule has 1 aliphatic carbocycles. The molecule has 2 aliphatic heterocycles. The molecule has 0 radical (unpaired) electrons. The summed E-state index contributed by atoms with van der Waals surface area (Å²) in [6.45, 7) is 1.11. The zero-order valence-electron chi connectivity index (χ0n) is 14.9. The summed E-state index contributed by atoms with van der Waals surface area (Å²) in [4.78, 5) is 34.5. The van der Waals surface area contributed by atoms with E-state index in [0.29, 0.717) is 36.6 Å². The molecule has 3 aliphatic rings. The van der Waals surface area contributed by atoms with Gasteiger partial charge < -0.3 is 9.88 Å². The van der Waals surface area contributed by atoms with Crippen molar-refractivity contribution in [3.05, 3.63) is 27.4 Å². The highest BCUT2D eigenvalue weighted by molar-refractivity contribution is 7.88. The quantitative estimate of drug-likeness (QED) is 0.825. The number of carbonyl (C=O) groups is 1. The van der Waals surface area contributed by atoms with Crippen LogP contribution in [0.2, 0.25) is 0 Å². The summed E-state index contributed by atoms with van der Waals surface area (Å²) in [6, 6.07) is -0.219. The van der Waals surface area contributed by atoms with Crippen molar-refractivity contribution in [2.45, 2.75) is 51.1 Å². The minimum atomic E-state index is -3.33. The summed E-state index contributed by atoms with van der Waals surface area (Å²) in [5.74, 6) is 0.784. The van der Waals surface area contributed by atoms with Gasteiger partial charge >= 0.3 is 0 Å². The van der Waals surface area contributed by atoms with Crippen molar-refractivity contribution in [2.75, 3.05) is 19.3 Å². The van der Waals surface area contributed by atoms with E-state index >= 15 is 0 Å². The van der Waals surface area contributed by atoms with Crippen molar-refractivity contribution in [1.29, 1.82) is 0 Å². The summed E-state index contributed by atoms with van der Waals surface area (Å²) in [7, 11) is -3.33. The highest BCUT2D eigenvalue weighted by Gasteiger charge is 2.39. The maximum atomic E-state index is 12.6. The van der Waals surface area contributed by atoms with Crippen molar-refractivity contribution < 1.29 is 13.2 Å². The number of piperidine rings is 1. The second kappa shape index (κ2) is 6.45. The fourth-order valence-electron chi connectivity index (χ4n) is 3.92. The lowest BCUT2D eigenvalue weighted by atomic mass is 10.00. The van der Waals surface area contributed by atoms with E-state index in [0.717, 1.165) is 32.1 Å². The number of amides is 1. The molecule has 26 heavy (non-hydrogen) atoms. The summed E-state index contributed by atoms with van der Waals surface area (Å²) >= 11 is 0. The Kier molecular flexibility index (Phi) is 4.38. The van der Waals surface area contributed by atoms with Crippen LogP contribution in [0.3, 0.4) is 0 Å². The first-order chi connectivity index (χ1) is 12.3. The van der Waals surface area contributed by atoms with Gasteiger partial charge in [-0.1, -0.05) is 0 Å². The molecule has 1 saturated heterocycles. The highest BCUT2D eigenvalue weighted by Crippen LogP contribution is 2.37.